The van der Waals surface area contributed by atoms with Gasteiger partial charge < -0.3 is 75.1 Å². The van der Waals surface area contributed by atoms with Crippen molar-refractivity contribution in [3.63, 3.8) is 0 Å². The zero-order valence-electron chi connectivity index (χ0n) is 22.5. The number of hydrogen-bond donors (Lipinski definition) is 11. The van der Waals surface area contributed by atoms with E-state index in [9.17, 15) is 70.6 Å². The summed E-state index contributed by atoms with van der Waals surface area (Å²) in [6.07, 6.45) is -9.76. The van der Waals surface area contributed by atoms with Gasteiger partial charge in [0.15, 0.2) is 58.2 Å². The van der Waals surface area contributed by atoms with Gasteiger partial charge in [-0.15, -0.1) is 0 Å². The number of phenols is 6. The van der Waals surface area contributed by atoms with Crippen molar-refractivity contribution in [1.82, 2.24) is 0 Å². The monoisotopic (exact) mass is 638 g/mol. The lowest BCUT2D eigenvalue weighted by Gasteiger charge is -2.41. The number of carbonyl (C=O) groups excluding carboxylic acids is 3. The van der Waals surface area contributed by atoms with Crippen LogP contribution in [-0.4, -0.2) is 111 Å². The summed E-state index contributed by atoms with van der Waals surface area (Å²) in [5.74, 6) is -13.3. The molecule has 0 amide bonds. The second kappa shape index (κ2) is 12.6. The molecule has 11 N–H and O–H groups in total. The highest BCUT2D eigenvalue weighted by atomic mass is 16.7. The molecule has 1 fully saturated rings. The van der Waals surface area contributed by atoms with Crippen LogP contribution in [0.1, 0.15) is 27.1 Å². The second-order valence-corrected chi connectivity index (χ2v) is 9.81. The Bertz CT molecular complexity index is 1530. The summed E-state index contributed by atoms with van der Waals surface area (Å²) in [6.45, 7) is -0.903. The van der Waals surface area contributed by atoms with E-state index < -0.39 is 130 Å². The van der Waals surface area contributed by atoms with Crippen molar-refractivity contribution in [3.05, 3.63) is 58.7 Å². The Morgan fingerprint density at radius 3 is 1.76 bits per heavy atom. The SMILES string of the molecule is O=C(OC[C@H]1O[C@@H](OC(=O)c2cc(O)c(O)c(O)c2)[C@H](O)[C@@H](OC(=O)C2C=C(O)C(O)=C(O)C2)[C@@H]1O)c1cc(O)c(O)c(O)c1. The van der Waals surface area contributed by atoms with Crippen molar-refractivity contribution in [2.45, 2.75) is 37.1 Å². The van der Waals surface area contributed by atoms with Crippen LogP contribution in [0.5, 0.6) is 34.5 Å². The number of aliphatic hydroxyl groups excluding tert-OH is 5. The van der Waals surface area contributed by atoms with Crippen molar-refractivity contribution >= 4 is 17.9 Å². The molecule has 0 saturated carbocycles. The lowest BCUT2D eigenvalue weighted by atomic mass is 9.96. The summed E-state index contributed by atoms with van der Waals surface area (Å²) in [4.78, 5) is 38.2. The van der Waals surface area contributed by atoms with E-state index in [1.165, 1.54) is 0 Å². The first-order valence-corrected chi connectivity index (χ1v) is 12.7. The molecule has 2 aromatic rings. The minimum Gasteiger partial charge on any atom is -0.508 e. The molecule has 45 heavy (non-hydrogen) atoms. The third kappa shape index (κ3) is 6.66. The smallest absolute Gasteiger partial charge is 0.340 e. The van der Waals surface area contributed by atoms with Crippen LogP contribution < -0.4 is 0 Å². The summed E-state index contributed by atoms with van der Waals surface area (Å²) in [5.41, 5.74) is -1.02. The van der Waals surface area contributed by atoms with Gasteiger partial charge in [0.2, 0.25) is 6.29 Å². The Balaban J connectivity index is 1.57. The van der Waals surface area contributed by atoms with Crippen molar-refractivity contribution in [3.8, 4) is 34.5 Å². The lowest BCUT2D eigenvalue weighted by molar-refractivity contribution is -0.288. The van der Waals surface area contributed by atoms with Gasteiger partial charge in [-0.3, -0.25) is 4.79 Å². The Morgan fingerprint density at radius 2 is 1.24 bits per heavy atom. The van der Waals surface area contributed by atoms with Crippen molar-refractivity contribution < 1.29 is 89.5 Å². The van der Waals surface area contributed by atoms with Gasteiger partial charge in [-0.2, -0.15) is 0 Å². The number of carbonyl (C=O) groups is 3. The molecule has 2 aliphatic rings. The summed E-state index contributed by atoms with van der Waals surface area (Å²) < 4.78 is 20.7. The van der Waals surface area contributed by atoms with Crippen LogP contribution in [-0.2, 0) is 23.7 Å². The van der Waals surface area contributed by atoms with Crippen molar-refractivity contribution in [1.29, 1.82) is 0 Å². The van der Waals surface area contributed by atoms with E-state index in [2.05, 4.69) is 0 Å². The Kier molecular flexibility index (Phi) is 9.03. The number of benzene rings is 2. The van der Waals surface area contributed by atoms with Crippen LogP contribution in [0.15, 0.2) is 47.6 Å². The normalized spacial score (nSPS) is 24.8. The highest BCUT2D eigenvalue weighted by molar-refractivity contribution is 5.91. The second-order valence-electron chi connectivity index (χ2n) is 9.81. The fraction of sp³-hybridized carbons (Fsp3) is 0.296. The van der Waals surface area contributed by atoms with Gasteiger partial charge in [0.1, 0.15) is 24.6 Å². The predicted octanol–water partition coefficient (Wildman–Crippen LogP) is 0.0819. The topological polar surface area (TPSA) is 311 Å². The fourth-order valence-corrected chi connectivity index (χ4v) is 4.29. The maximum absolute atomic E-state index is 12.9. The molecule has 1 heterocycles. The number of esters is 3. The van der Waals surface area contributed by atoms with Crippen LogP contribution in [0.25, 0.3) is 0 Å². The van der Waals surface area contributed by atoms with Gasteiger partial charge in [0, 0.05) is 6.42 Å². The molecule has 4 rings (SSSR count). The minimum atomic E-state index is -2.16. The van der Waals surface area contributed by atoms with Gasteiger partial charge in [0.05, 0.1) is 17.0 Å². The first-order valence-electron chi connectivity index (χ1n) is 12.7. The third-order valence-corrected chi connectivity index (χ3v) is 6.70. The van der Waals surface area contributed by atoms with Gasteiger partial charge in [0.25, 0.3) is 0 Å². The molecule has 0 spiro atoms. The van der Waals surface area contributed by atoms with Crippen LogP contribution in [0, 0.1) is 5.92 Å². The average Bonchev–Trinajstić information content (AvgIpc) is 2.99. The van der Waals surface area contributed by atoms with Gasteiger partial charge >= 0.3 is 17.9 Å². The van der Waals surface area contributed by atoms with Gasteiger partial charge in [-0.05, 0) is 30.3 Å². The minimum absolute atomic E-state index is 0.467. The molecule has 0 aromatic heterocycles. The van der Waals surface area contributed by atoms with Crippen LogP contribution in [0.2, 0.25) is 0 Å². The molecule has 1 saturated heterocycles. The summed E-state index contributed by atoms with van der Waals surface area (Å²) in [5, 5.41) is 109. The fourth-order valence-electron chi connectivity index (χ4n) is 4.29. The molecular formula is C27H26O18. The number of aromatic hydroxyl groups is 6. The van der Waals surface area contributed by atoms with Crippen LogP contribution >= 0.6 is 0 Å². The molecule has 0 bridgehead atoms. The predicted molar refractivity (Wildman–Crippen MR) is 140 cm³/mol. The summed E-state index contributed by atoms with van der Waals surface area (Å²) >= 11 is 0. The number of aliphatic hydroxyl groups is 5. The first-order chi connectivity index (χ1) is 21.1. The van der Waals surface area contributed by atoms with Crippen molar-refractivity contribution in [2.24, 2.45) is 5.92 Å². The maximum atomic E-state index is 12.9. The lowest BCUT2D eigenvalue weighted by Crippen LogP contribution is -2.61. The van der Waals surface area contributed by atoms with E-state index in [1.807, 2.05) is 0 Å². The van der Waals surface area contributed by atoms with Crippen LogP contribution in [0.4, 0.5) is 0 Å². The zero-order valence-corrected chi connectivity index (χ0v) is 22.5. The number of allylic oxidation sites excluding steroid dienone is 1. The molecule has 1 aliphatic carbocycles. The average molecular weight is 638 g/mol. The highest BCUT2D eigenvalue weighted by Gasteiger charge is 2.50. The van der Waals surface area contributed by atoms with Gasteiger partial charge in [-0.25, -0.2) is 9.59 Å². The number of phenolic OH excluding ortho intramolecular Hbond substituents is 6. The van der Waals surface area contributed by atoms with E-state index in [4.69, 9.17) is 18.9 Å². The standard InChI is InChI=1S/C27H26O18/c28-11-1-8(2-12(29)18(11)34)24(39)42-7-17-21(37)23(44-25(40)9-3-13(30)19(35)14(31)4-9)22(38)27(43-17)45-26(41)10-5-15(32)20(36)16(33)6-10/h1-3,5-6,9,17,21-23,27-38H,4,7H2/t9?,17-,21-,22-,23+,27+/m1/s1. The van der Waals surface area contributed by atoms with Gasteiger partial charge in [-0.1, -0.05) is 0 Å². The molecule has 242 valence electrons. The summed E-state index contributed by atoms with van der Waals surface area (Å²) in [6, 6.07) is 2.87. The molecule has 1 unspecified atom stereocenters. The molecule has 6 atom stereocenters. The van der Waals surface area contributed by atoms with E-state index in [-0.39, 0.29) is 0 Å². The quantitative estimate of drug-likeness (QED) is 0.109. The molecule has 1 aliphatic heterocycles. The Morgan fingerprint density at radius 1 is 0.733 bits per heavy atom. The van der Waals surface area contributed by atoms with E-state index in [0.717, 1.165) is 18.2 Å². The highest BCUT2D eigenvalue weighted by Crippen LogP contribution is 2.37. The molecule has 2 aromatic carbocycles. The third-order valence-electron chi connectivity index (χ3n) is 6.70. The number of rotatable bonds is 7. The molecule has 18 heteroatoms. The maximum Gasteiger partial charge on any atom is 0.340 e. The molecule has 0 radical (unpaired) electrons. The first kappa shape index (κ1) is 32.3. The van der Waals surface area contributed by atoms with E-state index in [0.29, 0.717) is 12.1 Å². The number of ether oxygens (including phenoxy) is 4. The van der Waals surface area contributed by atoms with Crippen molar-refractivity contribution in [2.75, 3.05) is 6.61 Å². The summed E-state index contributed by atoms with van der Waals surface area (Å²) in [7, 11) is 0. The zero-order chi connectivity index (χ0) is 33.3. The molecular weight excluding hydrogens is 612 g/mol. The van der Waals surface area contributed by atoms with E-state index in [1.54, 1.807) is 0 Å². The number of hydrogen-bond acceptors (Lipinski definition) is 18. The molecule has 18 nitrogen and oxygen atoms in total. The largest absolute Gasteiger partial charge is 0.508 e. The Labute approximate surface area is 250 Å². The Hall–Kier alpha value is -5.59. The van der Waals surface area contributed by atoms with E-state index >= 15 is 0 Å². The van der Waals surface area contributed by atoms with Crippen LogP contribution in [0.3, 0.4) is 0 Å².